The quantitative estimate of drug-likeness (QED) is 0.795. The van der Waals surface area contributed by atoms with Gasteiger partial charge in [0, 0.05) is 0 Å². The fourth-order valence-corrected chi connectivity index (χ4v) is 2.83. The van der Waals surface area contributed by atoms with Crippen molar-refractivity contribution < 1.29 is 25.2 Å². The van der Waals surface area contributed by atoms with E-state index in [4.69, 9.17) is 5.14 Å². The van der Waals surface area contributed by atoms with Crippen LogP contribution in [0.1, 0.15) is 37.2 Å². The van der Waals surface area contributed by atoms with Crippen LogP contribution >= 0.6 is 0 Å². The summed E-state index contributed by atoms with van der Waals surface area (Å²) in [6, 6.07) is 6.80. The Bertz CT molecular complexity index is 867. The first-order valence-electron chi connectivity index (χ1n) is 7.14. The Balaban J connectivity index is 0.000000232. The van der Waals surface area contributed by atoms with Crippen molar-refractivity contribution in [1.29, 1.82) is 0 Å². The largest absolute Gasteiger partial charge is 2.00 e. The van der Waals surface area contributed by atoms with Crippen LogP contribution in [0.5, 0.6) is 0 Å². The predicted octanol–water partition coefficient (Wildman–Crippen LogP) is 2.30. The average molecular weight is 393 g/mol. The van der Waals surface area contributed by atoms with Crippen LogP contribution in [0.3, 0.4) is 0 Å². The summed E-state index contributed by atoms with van der Waals surface area (Å²) >= 11 is 0. The summed E-state index contributed by atoms with van der Waals surface area (Å²) in [5.74, 6) is 0.685. The first kappa shape index (κ1) is 20.4. The topological polar surface area (TPSA) is 107 Å². The molecule has 1 aromatic carbocycles. The summed E-state index contributed by atoms with van der Waals surface area (Å²) < 4.78 is 23.1. The fraction of sp³-hybridized carbons (Fsp3) is 0.333. The third-order valence-corrected chi connectivity index (χ3v) is 4.34. The number of benzene rings is 1. The normalized spacial score (nSPS) is 14.0. The first-order chi connectivity index (χ1) is 10.8. The van der Waals surface area contributed by atoms with Gasteiger partial charge in [-0.3, -0.25) is 9.89 Å². The maximum atomic E-state index is 11.2. The second-order valence-corrected chi connectivity index (χ2v) is 6.66. The van der Waals surface area contributed by atoms with Crippen LogP contribution in [-0.4, -0.2) is 18.1 Å². The summed E-state index contributed by atoms with van der Waals surface area (Å²) in [6.07, 6.45) is 5.84. The van der Waals surface area contributed by atoms with Crippen molar-refractivity contribution in [3.8, 4) is 0 Å². The molecule has 1 heterocycles. The van der Waals surface area contributed by atoms with Gasteiger partial charge in [-0.2, -0.15) is 0 Å². The Hall–Kier alpha value is -1.68. The molecule has 131 valence electrons. The van der Waals surface area contributed by atoms with E-state index in [0.717, 1.165) is 12.8 Å². The number of rotatable bonds is 3. The number of aryl methyl sites for hydroxylation is 1. The molecule has 0 spiro atoms. The number of allylic oxidation sites excluding steroid dienone is 1. The molecule has 3 rings (SSSR count). The number of aromatic nitrogens is 3. The number of nitrogens with zero attached hydrogens (tertiary/aromatic N) is 3. The molecular formula is C15H18CoN4O3S. The molecule has 0 atom stereocenters. The fourth-order valence-electron chi connectivity index (χ4n) is 2.08. The van der Waals surface area contributed by atoms with Crippen molar-refractivity contribution in [3.63, 3.8) is 0 Å². The minimum atomic E-state index is -3.78. The molecule has 1 aromatic heterocycles. The SMILES string of the molecule is C/C=C/c1n[n-]c(=O)n1C1CC1.Cc1ccccc1S([NH-])(=O)=O.[Co+2]. The molecule has 0 unspecified atom stereocenters. The van der Waals surface area contributed by atoms with Crippen LogP contribution in [0.15, 0.2) is 40.0 Å². The smallest absolute Gasteiger partial charge is 0.560 e. The van der Waals surface area contributed by atoms with Gasteiger partial charge >= 0.3 is 16.8 Å². The third-order valence-electron chi connectivity index (χ3n) is 3.30. The molecular weight excluding hydrogens is 375 g/mol. The van der Waals surface area contributed by atoms with Crippen LogP contribution in [0, 0.1) is 6.92 Å². The van der Waals surface area contributed by atoms with Gasteiger partial charge in [0.2, 0.25) is 0 Å². The number of hydrogen-bond donors (Lipinski definition) is 0. The molecule has 7 nitrogen and oxygen atoms in total. The Kier molecular flexibility index (Phi) is 7.15. The zero-order valence-electron chi connectivity index (χ0n) is 13.3. The molecule has 1 aliphatic carbocycles. The summed E-state index contributed by atoms with van der Waals surface area (Å²) in [5, 5.41) is 14.1. The van der Waals surface area contributed by atoms with Crippen LogP contribution in [0.2, 0.25) is 0 Å². The second kappa shape index (κ2) is 8.42. The van der Waals surface area contributed by atoms with E-state index in [9.17, 15) is 13.2 Å². The summed E-state index contributed by atoms with van der Waals surface area (Å²) in [6.45, 7) is 3.57. The molecule has 0 aliphatic heterocycles. The van der Waals surface area contributed by atoms with E-state index in [0.29, 0.717) is 17.4 Å². The number of nitrogens with one attached hydrogen (secondary N) is 1. The molecule has 1 N–H and O–H groups in total. The Morgan fingerprint density at radius 1 is 1.33 bits per heavy atom. The first-order valence-corrected chi connectivity index (χ1v) is 8.62. The van der Waals surface area contributed by atoms with E-state index < -0.39 is 10.0 Å². The molecule has 2 aromatic rings. The van der Waals surface area contributed by atoms with Crippen LogP contribution in [-0.2, 0) is 26.8 Å². The minimum absolute atomic E-state index is 0. The van der Waals surface area contributed by atoms with Gasteiger partial charge in [0.05, 0.1) is 20.7 Å². The maximum absolute atomic E-state index is 11.2. The summed E-state index contributed by atoms with van der Waals surface area (Å²) in [7, 11) is -3.78. The van der Waals surface area contributed by atoms with Crippen molar-refractivity contribution in [2.24, 2.45) is 0 Å². The van der Waals surface area contributed by atoms with Crippen molar-refractivity contribution >= 4 is 16.1 Å². The molecule has 0 amide bonds. The van der Waals surface area contributed by atoms with Gasteiger partial charge in [0.1, 0.15) is 0 Å². The Labute approximate surface area is 151 Å². The molecule has 1 radical (unpaired) electrons. The van der Waals surface area contributed by atoms with Crippen LogP contribution in [0.4, 0.5) is 0 Å². The van der Waals surface area contributed by atoms with Gasteiger partial charge in [0.25, 0.3) is 0 Å². The van der Waals surface area contributed by atoms with Crippen molar-refractivity contribution in [2.45, 2.75) is 37.6 Å². The van der Waals surface area contributed by atoms with Gasteiger partial charge in [-0.1, -0.05) is 37.1 Å². The van der Waals surface area contributed by atoms with E-state index in [2.05, 4.69) is 10.2 Å². The third kappa shape index (κ3) is 5.16. The minimum Gasteiger partial charge on any atom is -0.560 e. The number of sulfonamides is 1. The van der Waals surface area contributed by atoms with Crippen molar-refractivity contribution in [1.82, 2.24) is 14.8 Å². The van der Waals surface area contributed by atoms with E-state index in [1.807, 2.05) is 19.1 Å². The molecule has 1 fully saturated rings. The predicted molar refractivity (Wildman–Crippen MR) is 87.5 cm³/mol. The zero-order chi connectivity index (χ0) is 17.0. The molecule has 9 heteroatoms. The zero-order valence-corrected chi connectivity index (χ0v) is 15.1. The van der Waals surface area contributed by atoms with Gasteiger partial charge in [-0.25, -0.2) is 8.42 Å². The Morgan fingerprint density at radius 3 is 2.42 bits per heavy atom. The van der Waals surface area contributed by atoms with E-state index in [1.165, 1.54) is 6.07 Å². The molecule has 0 bridgehead atoms. The Morgan fingerprint density at radius 2 is 1.96 bits per heavy atom. The van der Waals surface area contributed by atoms with E-state index in [-0.39, 0.29) is 27.4 Å². The van der Waals surface area contributed by atoms with Crippen molar-refractivity contribution in [2.75, 3.05) is 0 Å². The molecule has 0 saturated heterocycles. The van der Waals surface area contributed by atoms with Crippen LogP contribution in [0.25, 0.3) is 11.2 Å². The summed E-state index contributed by atoms with van der Waals surface area (Å²) in [4.78, 5) is 11.2. The average Bonchev–Trinajstić information content (AvgIpc) is 3.24. The number of hydrogen-bond acceptors (Lipinski definition) is 4. The van der Waals surface area contributed by atoms with Gasteiger partial charge in [-0.05, 0) is 37.6 Å². The molecule has 24 heavy (non-hydrogen) atoms. The van der Waals surface area contributed by atoms with E-state index >= 15 is 0 Å². The molecule has 1 saturated carbocycles. The monoisotopic (exact) mass is 393 g/mol. The summed E-state index contributed by atoms with van der Waals surface area (Å²) in [5.41, 5.74) is 0.396. The van der Waals surface area contributed by atoms with E-state index in [1.54, 1.807) is 29.7 Å². The van der Waals surface area contributed by atoms with Crippen LogP contribution < -0.4 is 10.8 Å². The van der Waals surface area contributed by atoms with Gasteiger partial charge in [-0.15, -0.1) is 0 Å². The van der Waals surface area contributed by atoms with Gasteiger partial charge < -0.3 is 14.8 Å². The van der Waals surface area contributed by atoms with Crippen molar-refractivity contribution in [3.05, 3.63) is 57.4 Å². The van der Waals surface area contributed by atoms with Gasteiger partial charge in [0.15, 0.2) is 5.69 Å². The maximum Gasteiger partial charge on any atom is 2.00 e. The standard InChI is InChI=1S/C8H11N3O.C7H8NO2S.Co/c1-2-3-7-9-10-8(12)11(7)6-4-5-6;1-6-4-2-3-5-7(6)11(8,9)10;/h2-3,6H,4-5H2,1H3,(H,10,12);2-5H,1H3,(H-,8,9,10);/q;-1;+2/p-1/b3-2+;;. The second-order valence-electron chi connectivity index (χ2n) is 5.21. The molecule has 1 aliphatic rings.